The predicted octanol–water partition coefficient (Wildman–Crippen LogP) is 3.13. The third-order valence-electron chi connectivity index (χ3n) is 2.67. The number of hydrogen-bond acceptors (Lipinski definition) is 2. The van der Waals surface area contributed by atoms with Gasteiger partial charge in [0.1, 0.15) is 12.1 Å². The second-order valence-corrected chi connectivity index (χ2v) is 3.73. The zero-order chi connectivity index (χ0) is 11.8. The Hall–Kier alpha value is -2.36. The van der Waals surface area contributed by atoms with Crippen molar-refractivity contribution in [1.29, 1.82) is 0 Å². The van der Waals surface area contributed by atoms with E-state index in [1.165, 1.54) is 24.7 Å². The number of ketones is 1. The number of benzene rings is 1. The quantitative estimate of drug-likeness (QED) is 0.686. The molecule has 3 aromatic rings. The summed E-state index contributed by atoms with van der Waals surface area (Å²) in [7, 11) is 0. The SMILES string of the molecule is O=C(c1ccoc1)c1c[nH]c2cc(F)ccc12. The standard InChI is InChI=1S/C13H8FNO2/c14-9-1-2-10-11(6-15-12(10)5-9)13(16)8-3-4-17-7-8/h1-7,15H. The van der Waals surface area contributed by atoms with Crippen LogP contribution in [0.4, 0.5) is 4.39 Å². The highest BCUT2D eigenvalue weighted by atomic mass is 19.1. The molecule has 0 saturated heterocycles. The molecule has 4 heteroatoms. The number of nitrogens with one attached hydrogen (secondary N) is 1. The molecule has 0 unspecified atom stereocenters. The van der Waals surface area contributed by atoms with Gasteiger partial charge in [-0.2, -0.15) is 0 Å². The fourth-order valence-corrected chi connectivity index (χ4v) is 1.84. The van der Waals surface area contributed by atoms with Gasteiger partial charge in [0.15, 0.2) is 5.78 Å². The largest absolute Gasteiger partial charge is 0.472 e. The first-order valence-electron chi connectivity index (χ1n) is 5.09. The van der Waals surface area contributed by atoms with Crippen molar-refractivity contribution in [3.8, 4) is 0 Å². The summed E-state index contributed by atoms with van der Waals surface area (Å²) in [4.78, 5) is 15.0. The minimum Gasteiger partial charge on any atom is -0.472 e. The highest BCUT2D eigenvalue weighted by molar-refractivity contribution is 6.16. The smallest absolute Gasteiger partial charge is 0.198 e. The Morgan fingerprint density at radius 2 is 2.18 bits per heavy atom. The van der Waals surface area contributed by atoms with Crippen molar-refractivity contribution in [3.05, 3.63) is 59.9 Å². The lowest BCUT2D eigenvalue weighted by Gasteiger charge is -1.95. The van der Waals surface area contributed by atoms with Crippen LogP contribution in [0, 0.1) is 5.82 Å². The fraction of sp³-hybridized carbons (Fsp3) is 0. The molecule has 0 aliphatic rings. The van der Waals surface area contributed by atoms with Crippen LogP contribution in [0.3, 0.4) is 0 Å². The predicted molar refractivity (Wildman–Crippen MR) is 60.4 cm³/mol. The second kappa shape index (κ2) is 3.59. The maximum atomic E-state index is 13.0. The Kier molecular flexibility index (Phi) is 2.08. The highest BCUT2D eigenvalue weighted by Crippen LogP contribution is 2.22. The van der Waals surface area contributed by atoms with E-state index in [4.69, 9.17) is 4.42 Å². The third-order valence-corrected chi connectivity index (χ3v) is 2.67. The van der Waals surface area contributed by atoms with Gasteiger partial charge in [0, 0.05) is 22.7 Å². The molecule has 17 heavy (non-hydrogen) atoms. The molecular formula is C13H8FNO2. The lowest BCUT2D eigenvalue weighted by atomic mass is 10.1. The summed E-state index contributed by atoms with van der Waals surface area (Å²) in [5.74, 6) is -0.474. The van der Waals surface area contributed by atoms with Gasteiger partial charge in [0.25, 0.3) is 0 Å². The number of fused-ring (bicyclic) bond motifs is 1. The lowest BCUT2D eigenvalue weighted by Crippen LogP contribution is -1.97. The topological polar surface area (TPSA) is 46.0 Å². The molecule has 84 valence electrons. The summed E-state index contributed by atoms with van der Waals surface area (Å²) in [6, 6.07) is 5.89. The van der Waals surface area contributed by atoms with E-state index >= 15 is 0 Å². The maximum Gasteiger partial charge on any atom is 0.198 e. The molecule has 3 nitrogen and oxygen atoms in total. The van der Waals surface area contributed by atoms with Gasteiger partial charge in [0.2, 0.25) is 0 Å². The van der Waals surface area contributed by atoms with Gasteiger partial charge in [-0.25, -0.2) is 4.39 Å². The van der Waals surface area contributed by atoms with Gasteiger partial charge in [-0.15, -0.1) is 0 Å². The van der Waals surface area contributed by atoms with Gasteiger partial charge < -0.3 is 9.40 Å². The number of H-pyrrole nitrogens is 1. The van der Waals surface area contributed by atoms with E-state index in [0.29, 0.717) is 22.0 Å². The maximum absolute atomic E-state index is 13.0. The number of carbonyl (C=O) groups excluding carboxylic acids is 1. The first-order chi connectivity index (χ1) is 8.25. The van der Waals surface area contributed by atoms with Crippen molar-refractivity contribution in [1.82, 2.24) is 4.98 Å². The average Bonchev–Trinajstić information content (AvgIpc) is 2.96. The Bertz CT molecular complexity index is 683. The minimum absolute atomic E-state index is 0.142. The summed E-state index contributed by atoms with van der Waals surface area (Å²) >= 11 is 0. The van der Waals surface area contributed by atoms with Crippen molar-refractivity contribution < 1.29 is 13.6 Å². The van der Waals surface area contributed by atoms with E-state index in [9.17, 15) is 9.18 Å². The van der Waals surface area contributed by atoms with Crippen LogP contribution in [0.25, 0.3) is 10.9 Å². The Morgan fingerprint density at radius 1 is 1.29 bits per heavy atom. The molecule has 0 saturated carbocycles. The molecule has 0 bridgehead atoms. The summed E-state index contributed by atoms with van der Waals surface area (Å²) in [6.45, 7) is 0. The third kappa shape index (κ3) is 1.54. The van der Waals surface area contributed by atoms with Gasteiger partial charge in [0.05, 0.1) is 11.8 Å². The van der Waals surface area contributed by atoms with Crippen LogP contribution in [0.1, 0.15) is 15.9 Å². The lowest BCUT2D eigenvalue weighted by molar-refractivity contribution is 0.103. The summed E-state index contributed by atoms with van der Waals surface area (Å²) < 4.78 is 17.9. The summed E-state index contributed by atoms with van der Waals surface area (Å²) in [5.41, 5.74) is 1.61. The van der Waals surface area contributed by atoms with Crippen molar-refractivity contribution in [2.45, 2.75) is 0 Å². The number of aromatic amines is 1. The first-order valence-corrected chi connectivity index (χ1v) is 5.09. The molecule has 0 radical (unpaired) electrons. The number of rotatable bonds is 2. The Morgan fingerprint density at radius 3 is 2.94 bits per heavy atom. The number of aromatic nitrogens is 1. The van der Waals surface area contributed by atoms with Gasteiger partial charge >= 0.3 is 0 Å². The second-order valence-electron chi connectivity index (χ2n) is 3.73. The van der Waals surface area contributed by atoms with E-state index in [1.54, 1.807) is 18.3 Å². The highest BCUT2D eigenvalue weighted by Gasteiger charge is 2.15. The molecular weight excluding hydrogens is 221 g/mol. The number of carbonyl (C=O) groups is 1. The first kappa shape index (κ1) is 9.84. The monoisotopic (exact) mass is 229 g/mol. The molecule has 0 aliphatic heterocycles. The molecule has 1 N–H and O–H groups in total. The number of halogens is 1. The van der Waals surface area contributed by atoms with Crippen molar-refractivity contribution in [2.75, 3.05) is 0 Å². The fourth-order valence-electron chi connectivity index (χ4n) is 1.84. The Labute approximate surface area is 95.9 Å². The average molecular weight is 229 g/mol. The van der Waals surface area contributed by atoms with E-state index in [-0.39, 0.29) is 11.6 Å². The molecule has 3 rings (SSSR count). The molecule has 0 amide bonds. The van der Waals surface area contributed by atoms with Crippen LogP contribution < -0.4 is 0 Å². The van der Waals surface area contributed by atoms with Crippen LogP contribution in [0.2, 0.25) is 0 Å². The van der Waals surface area contributed by atoms with Crippen LogP contribution in [-0.4, -0.2) is 10.8 Å². The molecule has 0 fully saturated rings. The molecule has 1 aromatic carbocycles. The number of hydrogen-bond donors (Lipinski definition) is 1. The molecule has 2 aromatic heterocycles. The Balaban J connectivity index is 2.15. The van der Waals surface area contributed by atoms with Crippen LogP contribution in [-0.2, 0) is 0 Å². The van der Waals surface area contributed by atoms with Crippen molar-refractivity contribution in [2.24, 2.45) is 0 Å². The summed E-state index contributed by atoms with van der Waals surface area (Å²) in [5, 5.41) is 0.706. The van der Waals surface area contributed by atoms with E-state index in [1.807, 2.05) is 0 Å². The van der Waals surface area contributed by atoms with Crippen LogP contribution >= 0.6 is 0 Å². The van der Waals surface area contributed by atoms with Gasteiger partial charge in [-0.05, 0) is 24.3 Å². The van der Waals surface area contributed by atoms with Crippen LogP contribution in [0.15, 0.2) is 47.4 Å². The molecule has 0 aliphatic carbocycles. The van der Waals surface area contributed by atoms with Crippen LogP contribution in [0.5, 0.6) is 0 Å². The zero-order valence-corrected chi connectivity index (χ0v) is 8.74. The van der Waals surface area contributed by atoms with E-state index in [2.05, 4.69) is 4.98 Å². The van der Waals surface area contributed by atoms with E-state index < -0.39 is 0 Å². The van der Waals surface area contributed by atoms with Crippen molar-refractivity contribution in [3.63, 3.8) is 0 Å². The van der Waals surface area contributed by atoms with E-state index in [0.717, 1.165) is 0 Å². The normalized spacial score (nSPS) is 10.9. The van der Waals surface area contributed by atoms with Gasteiger partial charge in [-0.1, -0.05) is 0 Å². The zero-order valence-electron chi connectivity index (χ0n) is 8.74. The molecule has 0 atom stereocenters. The molecule has 2 heterocycles. The summed E-state index contributed by atoms with van der Waals surface area (Å²) in [6.07, 6.45) is 4.42. The molecule has 0 spiro atoms. The van der Waals surface area contributed by atoms with Gasteiger partial charge in [-0.3, -0.25) is 4.79 Å². The minimum atomic E-state index is -0.332. The number of furan rings is 1. The van der Waals surface area contributed by atoms with Crippen molar-refractivity contribution >= 4 is 16.7 Å².